The summed E-state index contributed by atoms with van der Waals surface area (Å²) < 4.78 is 20.4. The van der Waals surface area contributed by atoms with Crippen LogP contribution in [0.5, 0.6) is 0 Å². The molecule has 14 heavy (non-hydrogen) atoms. The monoisotopic (exact) mass is 225 g/mol. The summed E-state index contributed by atoms with van der Waals surface area (Å²) in [6.45, 7) is 3.36. The highest BCUT2D eigenvalue weighted by molar-refractivity contribution is 7.55. The van der Waals surface area contributed by atoms with E-state index in [4.69, 9.17) is 0 Å². The van der Waals surface area contributed by atoms with Crippen LogP contribution in [0.25, 0.3) is 0 Å². The van der Waals surface area contributed by atoms with Crippen LogP contribution in [0.1, 0.15) is 13.8 Å². The molecule has 0 spiro atoms. The van der Waals surface area contributed by atoms with Crippen molar-refractivity contribution in [2.75, 3.05) is 20.1 Å². The Morgan fingerprint density at radius 2 is 2.21 bits per heavy atom. The molecule has 0 bridgehead atoms. The molecule has 0 radical (unpaired) electrons. The van der Waals surface area contributed by atoms with E-state index in [1.54, 1.807) is 6.92 Å². The second kappa shape index (κ2) is 6.14. The Bertz CT molecular complexity index is 232. The standard InChI is InChI=1S/C7H16NO5P/c1-4-13-7(9)6(2)8-14(10,11)5-12-3/h6H,4-5H2,1-3H3,(H2,8,10,11). The Balaban J connectivity index is 4.10. The molecule has 0 rings (SSSR count). The highest BCUT2D eigenvalue weighted by Gasteiger charge is 2.25. The van der Waals surface area contributed by atoms with E-state index in [0.717, 1.165) is 0 Å². The number of hydrogen-bond acceptors (Lipinski definition) is 4. The number of rotatable bonds is 6. The molecule has 0 saturated heterocycles. The first-order valence-corrected chi connectivity index (χ1v) is 6.02. The molecule has 0 aromatic heterocycles. The SMILES string of the molecule is CCOC(=O)C(C)NP(=O)(O)COC. The summed E-state index contributed by atoms with van der Waals surface area (Å²) in [5, 5.41) is 2.25. The van der Waals surface area contributed by atoms with Gasteiger partial charge < -0.3 is 14.4 Å². The first-order valence-electron chi connectivity index (χ1n) is 4.18. The van der Waals surface area contributed by atoms with Gasteiger partial charge in [-0.25, -0.2) is 5.09 Å². The number of ether oxygens (including phenoxy) is 2. The molecule has 84 valence electrons. The molecule has 0 amide bonds. The first kappa shape index (κ1) is 13.6. The van der Waals surface area contributed by atoms with E-state index in [1.807, 2.05) is 0 Å². The molecule has 0 aliphatic rings. The van der Waals surface area contributed by atoms with Crippen LogP contribution < -0.4 is 5.09 Å². The van der Waals surface area contributed by atoms with Crippen LogP contribution in [0.3, 0.4) is 0 Å². The molecule has 0 heterocycles. The van der Waals surface area contributed by atoms with Gasteiger partial charge in [-0.1, -0.05) is 0 Å². The minimum Gasteiger partial charge on any atom is -0.465 e. The van der Waals surface area contributed by atoms with Gasteiger partial charge in [-0.05, 0) is 13.8 Å². The molecule has 7 heteroatoms. The molecule has 2 atom stereocenters. The number of nitrogens with one attached hydrogen (secondary N) is 1. The molecule has 0 aromatic carbocycles. The van der Waals surface area contributed by atoms with Gasteiger partial charge in [0, 0.05) is 7.11 Å². The van der Waals surface area contributed by atoms with Crippen LogP contribution in [0.4, 0.5) is 0 Å². The molecule has 2 N–H and O–H groups in total. The van der Waals surface area contributed by atoms with E-state index in [-0.39, 0.29) is 13.0 Å². The Morgan fingerprint density at radius 3 is 2.64 bits per heavy atom. The van der Waals surface area contributed by atoms with Crippen LogP contribution >= 0.6 is 7.52 Å². The molecule has 0 aromatic rings. The molecule has 0 aliphatic heterocycles. The lowest BCUT2D eigenvalue weighted by Gasteiger charge is -2.16. The third-order valence-electron chi connectivity index (χ3n) is 1.34. The van der Waals surface area contributed by atoms with Crippen molar-refractivity contribution in [2.45, 2.75) is 19.9 Å². The van der Waals surface area contributed by atoms with Crippen LogP contribution in [-0.2, 0) is 18.8 Å². The number of carbonyl (C=O) groups excluding carboxylic acids is 1. The summed E-state index contributed by atoms with van der Waals surface area (Å²) >= 11 is 0. The highest BCUT2D eigenvalue weighted by atomic mass is 31.2. The summed E-state index contributed by atoms with van der Waals surface area (Å²) in [6.07, 6.45) is -0.337. The Labute approximate surface area is 83.1 Å². The van der Waals surface area contributed by atoms with E-state index < -0.39 is 19.5 Å². The number of esters is 1. The zero-order chi connectivity index (χ0) is 11.2. The van der Waals surface area contributed by atoms with Crippen LogP contribution in [0.15, 0.2) is 0 Å². The van der Waals surface area contributed by atoms with Gasteiger partial charge in [-0.2, -0.15) is 0 Å². The van der Waals surface area contributed by atoms with Crippen molar-refractivity contribution < 1.29 is 23.7 Å². The summed E-state index contributed by atoms with van der Waals surface area (Å²) in [6, 6.07) is -0.819. The van der Waals surface area contributed by atoms with Crippen molar-refractivity contribution in [2.24, 2.45) is 0 Å². The van der Waals surface area contributed by atoms with E-state index >= 15 is 0 Å². The molecular weight excluding hydrogens is 209 g/mol. The maximum atomic E-state index is 11.2. The van der Waals surface area contributed by atoms with Gasteiger partial charge in [0.05, 0.1) is 6.61 Å². The summed E-state index contributed by atoms with van der Waals surface area (Å²) in [5.74, 6) is -0.558. The summed E-state index contributed by atoms with van der Waals surface area (Å²) in [4.78, 5) is 20.3. The van der Waals surface area contributed by atoms with Gasteiger partial charge in [0.1, 0.15) is 12.4 Å². The minimum absolute atomic E-state index is 0.241. The van der Waals surface area contributed by atoms with E-state index in [1.165, 1.54) is 14.0 Å². The zero-order valence-corrected chi connectivity index (χ0v) is 9.41. The predicted molar refractivity (Wildman–Crippen MR) is 50.9 cm³/mol. The quantitative estimate of drug-likeness (QED) is 0.500. The Hall–Kier alpha value is -0.420. The normalized spacial score (nSPS) is 17.1. The lowest BCUT2D eigenvalue weighted by atomic mass is 10.4. The highest BCUT2D eigenvalue weighted by Crippen LogP contribution is 2.35. The van der Waals surface area contributed by atoms with Gasteiger partial charge in [0.25, 0.3) is 7.52 Å². The third-order valence-corrected chi connectivity index (χ3v) is 2.74. The third kappa shape index (κ3) is 5.34. The van der Waals surface area contributed by atoms with Gasteiger partial charge in [0.2, 0.25) is 0 Å². The lowest BCUT2D eigenvalue weighted by Crippen LogP contribution is -2.34. The van der Waals surface area contributed by atoms with E-state index in [0.29, 0.717) is 0 Å². The Kier molecular flexibility index (Phi) is 5.95. The fraction of sp³-hybridized carbons (Fsp3) is 0.857. The largest absolute Gasteiger partial charge is 0.465 e. The Morgan fingerprint density at radius 1 is 1.64 bits per heavy atom. The number of hydrogen-bond donors (Lipinski definition) is 2. The molecule has 0 fully saturated rings. The van der Waals surface area contributed by atoms with E-state index in [9.17, 15) is 14.3 Å². The fourth-order valence-corrected chi connectivity index (χ4v) is 1.97. The molecule has 6 nitrogen and oxygen atoms in total. The van der Waals surface area contributed by atoms with Crippen molar-refractivity contribution in [1.82, 2.24) is 5.09 Å². The molecular formula is C7H16NO5P. The molecule has 0 saturated carbocycles. The number of carbonyl (C=O) groups is 1. The molecule has 2 unspecified atom stereocenters. The minimum atomic E-state index is -3.60. The van der Waals surface area contributed by atoms with Crippen molar-refractivity contribution in [3.63, 3.8) is 0 Å². The van der Waals surface area contributed by atoms with E-state index in [2.05, 4.69) is 14.6 Å². The van der Waals surface area contributed by atoms with Gasteiger partial charge in [-0.15, -0.1) is 0 Å². The molecule has 0 aliphatic carbocycles. The van der Waals surface area contributed by atoms with Crippen LogP contribution in [-0.4, -0.2) is 37.0 Å². The second-order valence-corrected chi connectivity index (χ2v) is 4.64. The van der Waals surface area contributed by atoms with Crippen molar-refractivity contribution in [1.29, 1.82) is 0 Å². The van der Waals surface area contributed by atoms with Crippen LogP contribution in [0, 0.1) is 0 Å². The van der Waals surface area contributed by atoms with Crippen molar-refractivity contribution in [3.8, 4) is 0 Å². The predicted octanol–water partition coefficient (Wildman–Crippen LogP) is 0.317. The maximum Gasteiger partial charge on any atom is 0.323 e. The smallest absolute Gasteiger partial charge is 0.323 e. The van der Waals surface area contributed by atoms with Crippen LogP contribution in [0.2, 0.25) is 0 Å². The van der Waals surface area contributed by atoms with Gasteiger partial charge >= 0.3 is 5.97 Å². The van der Waals surface area contributed by atoms with Crippen molar-refractivity contribution >= 4 is 13.5 Å². The van der Waals surface area contributed by atoms with Crippen molar-refractivity contribution in [3.05, 3.63) is 0 Å². The summed E-state index contributed by atoms with van der Waals surface area (Å²) in [7, 11) is -2.29. The first-order chi connectivity index (χ1) is 6.43. The maximum absolute atomic E-state index is 11.2. The zero-order valence-electron chi connectivity index (χ0n) is 8.52. The average Bonchev–Trinajstić information content (AvgIpc) is 2.03. The van der Waals surface area contributed by atoms with Gasteiger partial charge in [-0.3, -0.25) is 9.36 Å². The fourth-order valence-electron chi connectivity index (χ4n) is 0.835. The number of methoxy groups -OCH3 is 1. The van der Waals surface area contributed by atoms with Gasteiger partial charge in [0.15, 0.2) is 0 Å². The lowest BCUT2D eigenvalue weighted by molar-refractivity contribution is -0.144. The topological polar surface area (TPSA) is 84.9 Å². The average molecular weight is 225 g/mol. The second-order valence-electron chi connectivity index (χ2n) is 2.72. The summed E-state index contributed by atoms with van der Waals surface area (Å²) in [5.41, 5.74) is 0.